The van der Waals surface area contributed by atoms with Crippen LogP contribution in [0.25, 0.3) is 22.2 Å². The monoisotopic (exact) mass is 558 g/mol. The molecule has 3 rings (SSSR count). The molecule has 0 bridgehead atoms. The van der Waals surface area contributed by atoms with Gasteiger partial charge in [-0.25, -0.2) is 4.98 Å². The molecule has 0 amide bonds. The van der Waals surface area contributed by atoms with Crippen LogP contribution in [0.4, 0.5) is 0 Å². The number of hydrogen-bond donors (Lipinski definition) is 1. The fraction of sp³-hybridized carbons (Fsp3) is 0.545. The fourth-order valence-corrected chi connectivity index (χ4v) is 5.36. The Morgan fingerprint density at radius 2 is 1.34 bits per heavy atom. The van der Waals surface area contributed by atoms with Gasteiger partial charge in [0.05, 0.1) is 22.3 Å². The van der Waals surface area contributed by atoms with Gasteiger partial charge in [0.15, 0.2) is 0 Å². The zero-order valence-corrected chi connectivity index (χ0v) is 25.1. The Balaban J connectivity index is 0.00000507. The van der Waals surface area contributed by atoms with Gasteiger partial charge in [0.2, 0.25) is 0 Å². The van der Waals surface area contributed by atoms with E-state index < -0.39 is 6.10 Å². The Labute approximate surface area is 242 Å². The van der Waals surface area contributed by atoms with Crippen LogP contribution in [-0.2, 0) is 0 Å². The summed E-state index contributed by atoms with van der Waals surface area (Å²) in [5.74, 6) is 0. The molecule has 2 aromatic carbocycles. The van der Waals surface area contributed by atoms with Crippen LogP contribution in [0, 0.1) is 0 Å². The largest absolute Gasteiger partial charge is 0.387 e. The van der Waals surface area contributed by atoms with Crippen molar-refractivity contribution in [2.24, 2.45) is 0 Å². The van der Waals surface area contributed by atoms with Gasteiger partial charge < -0.3 is 10.0 Å². The molecule has 3 nitrogen and oxygen atoms in total. The number of unbranched alkanes of at least 4 members (excludes halogenated alkanes) is 10. The van der Waals surface area contributed by atoms with E-state index in [4.69, 9.17) is 16.6 Å². The van der Waals surface area contributed by atoms with Crippen molar-refractivity contribution < 1.29 is 5.11 Å². The second-order valence-corrected chi connectivity index (χ2v) is 10.9. The number of para-hydroxylation sites is 1. The summed E-state index contributed by atoms with van der Waals surface area (Å²) in [4.78, 5) is 7.37. The molecule has 38 heavy (non-hydrogen) atoms. The zero-order chi connectivity index (χ0) is 26.3. The van der Waals surface area contributed by atoms with Gasteiger partial charge in [0.1, 0.15) is 0 Å². The molecule has 210 valence electrons. The van der Waals surface area contributed by atoms with Gasteiger partial charge in [-0.3, -0.25) is 0 Å². The molecular weight excluding hydrogens is 511 g/mol. The van der Waals surface area contributed by atoms with E-state index in [9.17, 15) is 5.11 Å². The van der Waals surface area contributed by atoms with E-state index in [2.05, 4.69) is 36.9 Å². The Morgan fingerprint density at radius 1 is 0.763 bits per heavy atom. The lowest BCUT2D eigenvalue weighted by molar-refractivity contribution is 0.111. The van der Waals surface area contributed by atoms with Crippen molar-refractivity contribution in [2.75, 3.05) is 19.6 Å². The van der Waals surface area contributed by atoms with Gasteiger partial charge >= 0.3 is 0 Å². The Hall–Kier alpha value is -1.65. The molecule has 0 radical (unpaired) electrons. The summed E-state index contributed by atoms with van der Waals surface area (Å²) >= 11 is 6.59. The number of pyridine rings is 1. The van der Waals surface area contributed by atoms with Crippen LogP contribution in [0.15, 0.2) is 54.6 Å². The maximum atomic E-state index is 11.6. The molecule has 1 aromatic heterocycles. The Morgan fingerprint density at radius 3 is 1.95 bits per heavy atom. The number of aromatic nitrogens is 1. The highest BCUT2D eigenvalue weighted by Crippen LogP contribution is 2.32. The number of hydrogen-bond acceptors (Lipinski definition) is 3. The van der Waals surface area contributed by atoms with Crippen LogP contribution in [0.5, 0.6) is 0 Å². The standard InChI is InChI=1S/C33H47ClN2O.ClH/c1-3-5-7-9-11-16-23-36(24-17-12-10-8-6-4-2)26-32(37)29-25-31(27-19-14-13-15-20-27)35-33-28(29)21-18-22-30(33)34;/h13-15,18-22,25,32,37H,3-12,16-17,23-24,26H2,1-2H3;1H. The SMILES string of the molecule is CCCCCCCCN(CCCCCCCC)CC(O)c1cc(-c2ccccc2)nc2c(Cl)cccc12.Cl. The highest BCUT2D eigenvalue weighted by molar-refractivity contribution is 6.35. The summed E-state index contributed by atoms with van der Waals surface area (Å²) in [6, 6.07) is 18.1. The lowest BCUT2D eigenvalue weighted by Gasteiger charge is -2.26. The average molecular weight is 560 g/mol. The second-order valence-electron chi connectivity index (χ2n) is 10.5. The number of rotatable bonds is 18. The Bertz CT molecular complexity index is 1030. The van der Waals surface area contributed by atoms with Crippen molar-refractivity contribution in [3.8, 4) is 11.3 Å². The molecule has 0 aliphatic heterocycles. The van der Waals surface area contributed by atoms with Crippen molar-refractivity contribution in [1.29, 1.82) is 0 Å². The maximum absolute atomic E-state index is 11.6. The number of halogens is 2. The first-order chi connectivity index (χ1) is 18.1. The lowest BCUT2D eigenvalue weighted by atomic mass is 9.99. The van der Waals surface area contributed by atoms with E-state index >= 15 is 0 Å². The molecule has 0 aliphatic rings. The zero-order valence-electron chi connectivity index (χ0n) is 23.5. The molecule has 1 unspecified atom stereocenters. The van der Waals surface area contributed by atoms with Crippen LogP contribution >= 0.6 is 24.0 Å². The first kappa shape index (κ1) is 32.6. The number of aliphatic hydroxyl groups is 1. The molecule has 0 aliphatic carbocycles. The molecule has 1 N–H and O–H groups in total. The van der Waals surface area contributed by atoms with E-state index in [1.165, 1.54) is 77.0 Å². The van der Waals surface area contributed by atoms with Gasteiger partial charge in [-0.1, -0.05) is 132 Å². The molecule has 1 atom stereocenters. The fourth-order valence-electron chi connectivity index (χ4n) is 5.14. The van der Waals surface area contributed by atoms with Gasteiger partial charge in [-0.15, -0.1) is 12.4 Å². The first-order valence-corrected chi connectivity index (χ1v) is 15.1. The highest BCUT2D eigenvalue weighted by Gasteiger charge is 2.19. The summed E-state index contributed by atoms with van der Waals surface area (Å²) in [6.07, 6.45) is 14.9. The van der Waals surface area contributed by atoms with Gasteiger partial charge in [0, 0.05) is 17.5 Å². The van der Waals surface area contributed by atoms with Crippen LogP contribution in [0.1, 0.15) is 103 Å². The van der Waals surface area contributed by atoms with E-state index in [1.807, 2.05) is 36.4 Å². The molecule has 0 saturated heterocycles. The summed E-state index contributed by atoms with van der Waals surface area (Å²) < 4.78 is 0. The predicted molar refractivity (Wildman–Crippen MR) is 168 cm³/mol. The third-order valence-electron chi connectivity index (χ3n) is 7.34. The lowest BCUT2D eigenvalue weighted by Crippen LogP contribution is -2.31. The van der Waals surface area contributed by atoms with E-state index in [0.29, 0.717) is 11.6 Å². The number of fused-ring (bicyclic) bond motifs is 1. The highest BCUT2D eigenvalue weighted by atomic mass is 35.5. The van der Waals surface area contributed by atoms with Gasteiger partial charge in [0.25, 0.3) is 0 Å². The van der Waals surface area contributed by atoms with Crippen LogP contribution in [0.3, 0.4) is 0 Å². The van der Waals surface area contributed by atoms with Crippen LogP contribution in [-0.4, -0.2) is 34.6 Å². The molecule has 0 spiro atoms. The molecule has 3 aromatic rings. The van der Waals surface area contributed by atoms with E-state index in [0.717, 1.165) is 40.8 Å². The summed E-state index contributed by atoms with van der Waals surface area (Å²) in [6.45, 7) is 7.27. The van der Waals surface area contributed by atoms with Crippen molar-refractivity contribution >= 4 is 34.9 Å². The predicted octanol–water partition coefficient (Wildman–Crippen LogP) is 10.0. The normalized spacial score (nSPS) is 12.1. The third kappa shape index (κ3) is 10.5. The number of aliphatic hydroxyl groups excluding tert-OH is 1. The molecular formula is C33H48Cl2N2O. The quantitative estimate of drug-likeness (QED) is 0.158. The smallest absolute Gasteiger partial charge is 0.0924 e. The van der Waals surface area contributed by atoms with E-state index in [-0.39, 0.29) is 12.4 Å². The second kappa shape index (κ2) is 18.6. The summed E-state index contributed by atoms with van der Waals surface area (Å²) in [7, 11) is 0. The first-order valence-electron chi connectivity index (χ1n) is 14.7. The molecule has 1 heterocycles. The van der Waals surface area contributed by atoms with Crippen LogP contribution < -0.4 is 0 Å². The van der Waals surface area contributed by atoms with Crippen molar-refractivity contribution in [3.63, 3.8) is 0 Å². The van der Waals surface area contributed by atoms with Gasteiger partial charge in [-0.2, -0.15) is 0 Å². The third-order valence-corrected chi connectivity index (χ3v) is 7.64. The van der Waals surface area contributed by atoms with Crippen LogP contribution in [0.2, 0.25) is 5.02 Å². The minimum absolute atomic E-state index is 0. The van der Waals surface area contributed by atoms with Gasteiger partial charge in [-0.05, 0) is 43.6 Å². The summed E-state index contributed by atoms with van der Waals surface area (Å²) in [5.41, 5.74) is 3.57. The van der Waals surface area contributed by atoms with Crippen molar-refractivity contribution in [3.05, 3.63) is 65.2 Å². The minimum atomic E-state index is -0.591. The minimum Gasteiger partial charge on any atom is -0.387 e. The van der Waals surface area contributed by atoms with E-state index in [1.54, 1.807) is 0 Å². The number of benzene rings is 2. The van der Waals surface area contributed by atoms with Crippen molar-refractivity contribution in [2.45, 2.75) is 97.0 Å². The summed E-state index contributed by atoms with van der Waals surface area (Å²) in [5, 5.41) is 13.2. The number of nitrogens with zero attached hydrogens (tertiary/aromatic N) is 2. The molecule has 0 saturated carbocycles. The Kier molecular flexibility index (Phi) is 15.9. The average Bonchev–Trinajstić information content (AvgIpc) is 2.92. The maximum Gasteiger partial charge on any atom is 0.0924 e. The molecule has 5 heteroatoms. The van der Waals surface area contributed by atoms with Crippen molar-refractivity contribution in [1.82, 2.24) is 9.88 Å². The molecule has 0 fully saturated rings. The topological polar surface area (TPSA) is 36.4 Å².